The van der Waals surface area contributed by atoms with Gasteiger partial charge in [-0.25, -0.2) is 0 Å². The molecule has 2 aromatic rings. The molecule has 1 aliphatic heterocycles. The lowest BCUT2D eigenvalue weighted by atomic mass is 10.1. The Bertz CT molecular complexity index is 957. The fourth-order valence-electron chi connectivity index (χ4n) is 3.27. The number of carbonyl (C=O) groups is 1. The van der Waals surface area contributed by atoms with Crippen molar-refractivity contribution in [2.75, 3.05) is 26.9 Å². The number of para-hydroxylation sites is 1. The van der Waals surface area contributed by atoms with E-state index >= 15 is 0 Å². The van der Waals surface area contributed by atoms with Gasteiger partial charge in [0.2, 0.25) is 5.91 Å². The molecule has 1 heterocycles. The topological polar surface area (TPSA) is 57.2 Å². The minimum atomic E-state index is -0.116. The number of rotatable bonds is 8. The summed E-state index contributed by atoms with van der Waals surface area (Å²) in [4.78, 5) is 14.6. The summed E-state index contributed by atoms with van der Waals surface area (Å²) in [7, 11) is 1.56. The Balaban J connectivity index is 1.76. The summed E-state index contributed by atoms with van der Waals surface area (Å²) in [6, 6.07) is 9.28. The summed E-state index contributed by atoms with van der Waals surface area (Å²) < 4.78 is 22.5. The second-order valence-electron chi connectivity index (χ2n) is 7.33. The van der Waals surface area contributed by atoms with Gasteiger partial charge in [-0.1, -0.05) is 23.7 Å². The third-order valence-electron chi connectivity index (χ3n) is 4.73. The molecule has 31 heavy (non-hydrogen) atoms. The Morgan fingerprint density at radius 2 is 2.03 bits per heavy atom. The fourth-order valence-corrected chi connectivity index (χ4v) is 3.53. The summed E-state index contributed by atoms with van der Waals surface area (Å²) in [6.07, 6.45) is 3.22. The first kappa shape index (κ1) is 22.8. The van der Waals surface area contributed by atoms with E-state index in [-0.39, 0.29) is 12.0 Å². The Kier molecular flexibility index (Phi) is 7.69. The van der Waals surface area contributed by atoms with E-state index in [0.29, 0.717) is 54.3 Å². The van der Waals surface area contributed by atoms with Crippen LogP contribution in [0.5, 0.6) is 23.0 Å². The van der Waals surface area contributed by atoms with E-state index in [4.69, 9.17) is 30.5 Å². The highest BCUT2D eigenvalue weighted by molar-refractivity contribution is 6.32. The van der Waals surface area contributed by atoms with Crippen LogP contribution in [0, 0.1) is 0 Å². The fraction of sp³-hybridized carbons (Fsp3) is 0.375. The summed E-state index contributed by atoms with van der Waals surface area (Å²) >= 11 is 6.38. The number of hydrogen-bond donors (Lipinski definition) is 0. The van der Waals surface area contributed by atoms with Gasteiger partial charge in [0, 0.05) is 24.7 Å². The van der Waals surface area contributed by atoms with E-state index in [1.807, 2.05) is 39.0 Å². The van der Waals surface area contributed by atoms with Crippen molar-refractivity contribution < 1.29 is 23.7 Å². The molecule has 1 aliphatic rings. The Morgan fingerprint density at radius 3 is 2.74 bits per heavy atom. The van der Waals surface area contributed by atoms with Crippen molar-refractivity contribution in [1.82, 2.24) is 4.90 Å². The highest BCUT2D eigenvalue weighted by atomic mass is 35.5. The quantitative estimate of drug-likeness (QED) is 0.537. The predicted octanol–water partition coefficient (Wildman–Crippen LogP) is 4.97. The summed E-state index contributed by atoms with van der Waals surface area (Å²) in [5.74, 6) is 2.33. The molecule has 6 nitrogen and oxygen atoms in total. The molecule has 0 fully saturated rings. The zero-order chi connectivity index (χ0) is 22.4. The van der Waals surface area contributed by atoms with E-state index in [0.717, 1.165) is 11.1 Å². The van der Waals surface area contributed by atoms with E-state index in [1.54, 1.807) is 30.2 Å². The molecular weight excluding hydrogens is 418 g/mol. The van der Waals surface area contributed by atoms with E-state index in [1.165, 1.54) is 6.08 Å². The molecule has 3 rings (SSSR count). The molecule has 2 aromatic carbocycles. The molecule has 1 amide bonds. The van der Waals surface area contributed by atoms with Crippen LogP contribution in [-0.2, 0) is 11.3 Å². The van der Waals surface area contributed by atoms with Crippen molar-refractivity contribution in [3.8, 4) is 23.0 Å². The monoisotopic (exact) mass is 445 g/mol. The predicted molar refractivity (Wildman–Crippen MR) is 121 cm³/mol. The maximum atomic E-state index is 12.8. The first-order valence-electron chi connectivity index (χ1n) is 10.3. The van der Waals surface area contributed by atoms with Crippen LogP contribution >= 0.6 is 11.6 Å². The maximum absolute atomic E-state index is 12.8. The smallest absolute Gasteiger partial charge is 0.246 e. The summed E-state index contributed by atoms with van der Waals surface area (Å²) in [5, 5.41) is 0.431. The minimum absolute atomic E-state index is 0.0365. The van der Waals surface area contributed by atoms with Crippen LogP contribution in [0.2, 0.25) is 5.02 Å². The van der Waals surface area contributed by atoms with Gasteiger partial charge in [0.1, 0.15) is 13.2 Å². The third kappa shape index (κ3) is 5.64. The number of carbonyl (C=O) groups excluding carboxylic acids is 1. The normalized spacial score (nSPS) is 12.8. The molecule has 7 heteroatoms. The van der Waals surface area contributed by atoms with Crippen LogP contribution in [0.3, 0.4) is 0 Å². The minimum Gasteiger partial charge on any atom is -0.493 e. The van der Waals surface area contributed by atoms with Crippen LogP contribution < -0.4 is 18.9 Å². The van der Waals surface area contributed by atoms with E-state index < -0.39 is 0 Å². The first-order chi connectivity index (χ1) is 14.9. The molecule has 0 saturated heterocycles. The van der Waals surface area contributed by atoms with E-state index in [2.05, 4.69) is 0 Å². The van der Waals surface area contributed by atoms with Crippen molar-refractivity contribution >= 4 is 23.6 Å². The van der Waals surface area contributed by atoms with Crippen LogP contribution in [0.4, 0.5) is 0 Å². The second kappa shape index (κ2) is 10.4. The molecule has 0 bridgehead atoms. The maximum Gasteiger partial charge on any atom is 0.246 e. The lowest BCUT2D eigenvalue weighted by Crippen LogP contribution is -2.29. The van der Waals surface area contributed by atoms with Crippen molar-refractivity contribution in [1.29, 1.82) is 0 Å². The lowest BCUT2D eigenvalue weighted by molar-refractivity contribution is -0.126. The molecule has 0 unspecified atom stereocenters. The van der Waals surface area contributed by atoms with Crippen molar-refractivity contribution in [2.24, 2.45) is 0 Å². The second-order valence-corrected chi connectivity index (χ2v) is 7.73. The van der Waals surface area contributed by atoms with Crippen LogP contribution in [0.1, 0.15) is 31.9 Å². The third-order valence-corrected chi connectivity index (χ3v) is 5.01. The Labute approximate surface area is 188 Å². The number of ether oxygens (including phenoxy) is 4. The van der Waals surface area contributed by atoms with Gasteiger partial charge in [-0.15, -0.1) is 0 Å². The largest absolute Gasteiger partial charge is 0.493 e. The van der Waals surface area contributed by atoms with Gasteiger partial charge in [0.05, 0.1) is 18.2 Å². The number of hydrogen-bond acceptors (Lipinski definition) is 5. The van der Waals surface area contributed by atoms with E-state index in [9.17, 15) is 4.79 Å². The van der Waals surface area contributed by atoms with Crippen molar-refractivity contribution in [3.05, 3.63) is 52.6 Å². The highest BCUT2D eigenvalue weighted by Crippen LogP contribution is 2.37. The van der Waals surface area contributed by atoms with Gasteiger partial charge in [-0.05, 0) is 50.6 Å². The van der Waals surface area contributed by atoms with Gasteiger partial charge < -0.3 is 23.8 Å². The van der Waals surface area contributed by atoms with Gasteiger partial charge in [0.25, 0.3) is 0 Å². The summed E-state index contributed by atoms with van der Waals surface area (Å²) in [6.45, 7) is 7.80. The Hall–Kier alpha value is -2.86. The molecule has 0 aromatic heterocycles. The average molecular weight is 446 g/mol. The molecule has 0 saturated carbocycles. The van der Waals surface area contributed by atoms with Gasteiger partial charge in [-0.3, -0.25) is 4.79 Å². The number of fused-ring (bicyclic) bond motifs is 1. The zero-order valence-corrected chi connectivity index (χ0v) is 19.1. The molecule has 166 valence electrons. The SMILES string of the molecule is CCN(Cc1cccc2c1OCCO2)C(=O)/C=C/c1cc(Cl)c(OC(C)C)c(OC)c1. The lowest BCUT2D eigenvalue weighted by Gasteiger charge is -2.24. The van der Waals surface area contributed by atoms with Crippen LogP contribution in [-0.4, -0.2) is 43.8 Å². The van der Waals surface area contributed by atoms with Crippen LogP contribution in [0.15, 0.2) is 36.4 Å². The average Bonchev–Trinajstić information content (AvgIpc) is 2.77. The zero-order valence-electron chi connectivity index (χ0n) is 18.3. The number of likely N-dealkylation sites (N-methyl/N-ethyl adjacent to an activating group) is 1. The Morgan fingerprint density at radius 1 is 1.26 bits per heavy atom. The van der Waals surface area contributed by atoms with Gasteiger partial charge in [0.15, 0.2) is 23.0 Å². The molecule has 0 N–H and O–H groups in total. The summed E-state index contributed by atoms with van der Waals surface area (Å²) in [5.41, 5.74) is 1.66. The van der Waals surface area contributed by atoms with Crippen molar-refractivity contribution in [3.63, 3.8) is 0 Å². The molecule has 0 radical (unpaired) electrons. The first-order valence-corrected chi connectivity index (χ1v) is 10.7. The number of halogens is 1. The highest BCUT2D eigenvalue weighted by Gasteiger charge is 2.19. The number of methoxy groups -OCH3 is 1. The number of amides is 1. The number of nitrogens with zero attached hydrogens (tertiary/aromatic N) is 1. The molecule has 0 aliphatic carbocycles. The standard InChI is InChI=1S/C24H28ClNO5/c1-5-26(15-18-7-6-8-20-23(18)30-12-11-29-20)22(27)10-9-17-13-19(25)24(31-16(2)3)21(14-17)28-4/h6-10,13-14,16H,5,11-12,15H2,1-4H3/b10-9+. The molecule has 0 atom stereocenters. The number of benzene rings is 2. The van der Waals surface area contributed by atoms with Gasteiger partial charge >= 0.3 is 0 Å². The molecular formula is C24H28ClNO5. The van der Waals surface area contributed by atoms with Crippen LogP contribution in [0.25, 0.3) is 6.08 Å². The van der Waals surface area contributed by atoms with Gasteiger partial charge in [-0.2, -0.15) is 0 Å². The van der Waals surface area contributed by atoms with Crippen molar-refractivity contribution in [2.45, 2.75) is 33.4 Å². The molecule has 0 spiro atoms.